The van der Waals surface area contributed by atoms with E-state index < -0.39 is 0 Å². The fourth-order valence-electron chi connectivity index (χ4n) is 1.14. The van der Waals surface area contributed by atoms with E-state index in [0.29, 0.717) is 28.7 Å². The highest BCUT2D eigenvalue weighted by molar-refractivity contribution is 7.98. The number of thioether (sulfide) groups is 1. The zero-order valence-electron chi connectivity index (χ0n) is 9.13. The molecular weight excluding hydrogens is 303 g/mol. The highest BCUT2D eigenvalue weighted by Gasteiger charge is 2.13. The topological polar surface area (TPSA) is 55.1 Å². The molecule has 7 heteroatoms. The van der Waals surface area contributed by atoms with Gasteiger partial charge in [0.1, 0.15) is 0 Å². The van der Waals surface area contributed by atoms with Crippen molar-refractivity contribution in [2.75, 3.05) is 19.3 Å². The Kier molecular flexibility index (Phi) is 8.00. The lowest BCUT2D eigenvalue weighted by Gasteiger charge is -2.08. The minimum Gasteiger partial charge on any atom is -0.351 e. The summed E-state index contributed by atoms with van der Waals surface area (Å²) in [6.45, 7) is 0.818. The Labute approximate surface area is 121 Å². The van der Waals surface area contributed by atoms with Crippen LogP contribution in [0.25, 0.3) is 0 Å². The van der Waals surface area contributed by atoms with Crippen LogP contribution in [0.2, 0.25) is 10.0 Å². The Morgan fingerprint density at radius 3 is 2.59 bits per heavy atom. The molecular formula is C10H13Cl3N2OS. The molecule has 0 radical (unpaired) electrons. The van der Waals surface area contributed by atoms with Gasteiger partial charge in [0, 0.05) is 18.0 Å². The molecule has 1 aromatic carbocycles. The molecule has 0 aliphatic heterocycles. The quantitative estimate of drug-likeness (QED) is 0.840. The van der Waals surface area contributed by atoms with Crippen LogP contribution in [0.3, 0.4) is 0 Å². The molecule has 0 unspecified atom stereocenters. The lowest BCUT2D eigenvalue weighted by molar-refractivity contribution is 0.0954. The molecule has 0 saturated heterocycles. The molecule has 0 aromatic heterocycles. The van der Waals surface area contributed by atoms with E-state index in [2.05, 4.69) is 5.32 Å². The van der Waals surface area contributed by atoms with Gasteiger partial charge in [-0.3, -0.25) is 4.79 Å². The fourth-order valence-corrected chi connectivity index (χ4v) is 2.33. The van der Waals surface area contributed by atoms with Gasteiger partial charge in [0.15, 0.2) is 0 Å². The Hall–Kier alpha value is -0.130. The minimum atomic E-state index is -0.234. The number of hydrogen-bond acceptors (Lipinski definition) is 3. The molecule has 1 amide bonds. The monoisotopic (exact) mass is 314 g/mol. The molecule has 0 bridgehead atoms. The summed E-state index contributed by atoms with van der Waals surface area (Å²) in [6.07, 6.45) is 1.89. The Balaban J connectivity index is 0.00000256. The summed E-state index contributed by atoms with van der Waals surface area (Å²) in [5.41, 5.74) is 5.72. The number of nitrogens with two attached hydrogens (primary N) is 1. The number of halogens is 3. The first-order chi connectivity index (χ1) is 7.60. The Morgan fingerprint density at radius 2 is 2.06 bits per heavy atom. The molecule has 3 nitrogen and oxygen atoms in total. The van der Waals surface area contributed by atoms with Crippen LogP contribution in [0.1, 0.15) is 10.4 Å². The van der Waals surface area contributed by atoms with E-state index in [1.807, 2.05) is 6.26 Å². The molecule has 0 aliphatic carbocycles. The van der Waals surface area contributed by atoms with Crippen LogP contribution in [-0.4, -0.2) is 25.3 Å². The van der Waals surface area contributed by atoms with Crippen molar-refractivity contribution in [3.63, 3.8) is 0 Å². The van der Waals surface area contributed by atoms with Crippen molar-refractivity contribution in [2.45, 2.75) is 4.90 Å². The van der Waals surface area contributed by atoms with E-state index in [1.54, 1.807) is 12.1 Å². The number of carbonyl (C=O) groups excluding carboxylic acids is 1. The molecule has 0 aliphatic rings. The van der Waals surface area contributed by atoms with Crippen molar-refractivity contribution in [1.82, 2.24) is 5.32 Å². The smallest absolute Gasteiger partial charge is 0.252 e. The molecule has 3 N–H and O–H groups in total. The van der Waals surface area contributed by atoms with Gasteiger partial charge < -0.3 is 11.1 Å². The summed E-state index contributed by atoms with van der Waals surface area (Å²) in [4.78, 5) is 12.5. The number of hydrogen-bond donors (Lipinski definition) is 2. The molecule has 1 aromatic rings. The summed E-state index contributed by atoms with van der Waals surface area (Å²) < 4.78 is 0. The van der Waals surface area contributed by atoms with Gasteiger partial charge >= 0.3 is 0 Å². The summed E-state index contributed by atoms with van der Waals surface area (Å²) in [5, 5.41) is 3.55. The van der Waals surface area contributed by atoms with E-state index in [9.17, 15) is 4.79 Å². The predicted molar refractivity (Wildman–Crippen MR) is 76.9 cm³/mol. The largest absolute Gasteiger partial charge is 0.351 e. The first-order valence-corrected chi connectivity index (χ1v) is 6.59. The van der Waals surface area contributed by atoms with Crippen molar-refractivity contribution in [3.8, 4) is 0 Å². The second-order valence-corrected chi connectivity index (χ2v) is 4.67. The Bertz CT molecular complexity index is 401. The summed E-state index contributed by atoms with van der Waals surface area (Å²) >= 11 is 13.4. The van der Waals surface area contributed by atoms with Crippen LogP contribution in [-0.2, 0) is 0 Å². The van der Waals surface area contributed by atoms with Crippen LogP contribution in [0.15, 0.2) is 17.0 Å². The molecule has 0 atom stereocenters. The van der Waals surface area contributed by atoms with E-state index in [1.165, 1.54) is 11.8 Å². The van der Waals surface area contributed by atoms with Crippen molar-refractivity contribution >= 4 is 53.3 Å². The molecule has 96 valence electrons. The molecule has 0 saturated carbocycles. The number of benzene rings is 1. The van der Waals surface area contributed by atoms with E-state index in [0.717, 1.165) is 4.90 Å². The van der Waals surface area contributed by atoms with Crippen LogP contribution in [0, 0.1) is 0 Å². The van der Waals surface area contributed by atoms with Gasteiger partial charge in [-0.25, -0.2) is 0 Å². The third kappa shape index (κ3) is 4.56. The highest BCUT2D eigenvalue weighted by atomic mass is 35.5. The molecule has 0 fully saturated rings. The van der Waals surface area contributed by atoms with Crippen LogP contribution in [0.5, 0.6) is 0 Å². The SMILES string of the molecule is CSc1cc(C(=O)NCCN)c(Cl)cc1Cl.Cl. The number of carbonyl (C=O) groups is 1. The average Bonchev–Trinajstić information content (AvgIpc) is 2.26. The van der Waals surface area contributed by atoms with Crippen molar-refractivity contribution in [2.24, 2.45) is 5.73 Å². The highest BCUT2D eigenvalue weighted by Crippen LogP contribution is 2.31. The van der Waals surface area contributed by atoms with Gasteiger partial charge in [-0.2, -0.15) is 0 Å². The van der Waals surface area contributed by atoms with Crippen molar-refractivity contribution in [3.05, 3.63) is 27.7 Å². The summed E-state index contributed by atoms with van der Waals surface area (Å²) in [7, 11) is 0. The van der Waals surface area contributed by atoms with Crippen molar-refractivity contribution < 1.29 is 4.79 Å². The lowest BCUT2D eigenvalue weighted by atomic mass is 10.2. The van der Waals surface area contributed by atoms with E-state index >= 15 is 0 Å². The number of rotatable bonds is 4. The van der Waals surface area contributed by atoms with Gasteiger partial charge in [-0.05, 0) is 18.4 Å². The van der Waals surface area contributed by atoms with Gasteiger partial charge in [0.2, 0.25) is 0 Å². The standard InChI is InChI=1S/C10H12Cl2N2OS.ClH/c1-16-9-4-6(7(11)5-8(9)12)10(15)14-3-2-13;/h4-5H,2-3,13H2,1H3,(H,14,15);1H. The van der Waals surface area contributed by atoms with Crippen molar-refractivity contribution in [1.29, 1.82) is 0 Å². The second-order valence-electron chi connectivity index (χ2n) is 3.01. The minimum absolute atomic E-state index is 0. The van der Waals surface area contributed by atoms with Crippen LogP contribution >= 0.6 is 47.4 Å². The van der Waals surface area contributed by atoms with Gasteiger partial charge in [0.05, 0.1) is 15.6 Å². The molecule has 0 heterocycles. The molecule has 1 rings (SSSR count). The zero-order chi connectivity index (χ0) is 12.1. The van der Waals surface area contributed by atoms with Gasteiger partial charge in [0.25, 0.3) is 5.91 Å². The first-order valence-electron chi connectivity index (χ1n) is 4.61. The van der Waals surface area contributed by atoms with Gasteiger partial charge in [-0.1, -0.05) is 23.2 Å². The third-order valence-corrected chi connectivity index (χ3v) is 3.43. The first kappa shape index (κ1) is 16.9. The molecule has 17 heavy (non-hydrogen) atoms. The third-order valence-electron chi connectivity index (χ3n) is 1.92. The predicted octanol–water partition coefficient (Wildman–Crippen LogP) is 2.83. The maximum absolute atomic E-state index is 11.7. The summed E-state index contributed by atoms with van der Waals surface area (Å²) in [5.74, 6) is -0.234. The van der Waals surface area contributed by atoms with Gasteiger partial charge in [-0.15, -0.1) is 24.2 Å². The van der Waals surface area contributed by atoms with Crippen LogP contribution in [0.4, 0.5) is 0 Å². The number of amides is 1. The van der Waals surface area contributed by atoms with E-state index in [-0.39, 0.29) is 18.3 Å². The molecule has 0 spiro atoms. The number of nitrogens with one attached hydrogen (secondary N) is 1. The lowest BCUT2D eigenvalue weighted by Crippen LogP contribution is -2.29. The maximum Gasteiger partial charge on any atom is 0.252 e. The maximum atomic E-state index is 11.7. The second kappa shape index (κ2) is 8.06. The Morgan fingerprint density at radius 1 is 1.41 bits per heavy atom. The fraction of sp³-hybridized carbons (Fsp3) is 0.300. The van der Waals surface area contributed by atoms with E-state index in [4.69, 9.17) is 28.9 Å². The normalized spacial score (nSPS) is 9.65. The summed E-state index contributed by atoms with van der Waals surface area (Å²) in [6, 6.07) is 3.26. The van der Waals surface area contributed by atoms with Crippen LogP contribution < -0.4 is 11.1 Å². The average molecular weight is 316 g/mol. The zero-order valence-corrected chi connectivity index (χ0v) is 12.3.